The average molecular weight is 367 g/mol. The molecule has 4 rings (SSSR count). The van der Waals surface area contributed by atoms with Crippen LogP contribution in [0.25, 0.3) is 0 Å². The third kappa shape index (κ3) is 4.50. The fourth-order valence-electron chi connectivity index (χ4n) is 4.15. The summed E-state index contributed by atoms with van der Waals surface area (Å²) in [5.41, 5.74) is 9.47. The van der Waals surface area contributed by atoms with E-state index < -0.39 is 0 Å². The van der Waals surface area contributed by atoms with Crippen LogP contribution >= 0.6 is 0 Å². The first-order chi connectivity index (χ1) is 13.2. The fraction of sp³-hybridized carbons (Fsp3) is 0.524. The van der Waals surface area contributed by atoms with Gasteiger partial charge in [-0.1, -0.05) is 12.1 Å². The lowest BCUT2D eigenvalue weighted by molar-refractivity contribution is 0.412. The molecule has 1 aromatic heterocycles. The summed E-state index contributed by atoms with van der Waals surface area (Å²) >= 11 is 0. The van der Waals surface area contributed by atoms with E-state index in [4.69, 9.17) is 5.73 Å². The number of aromatic nitrogens is 2. The number of nitrogens with one attached hydrogen (secondary N) is 1. The lowest BCUT2D eigenvalue weighted by atomic mass is 10.0. The maximum atomic E-state index is 5.80. The van der Waals surface area contributed by atoms with Crippen LogP contribution in [0.3, 0.4) is 0 Å². The number of rotatable bonds is 5. The van der Waals surface area contributed by atoms with E-state index in [1.54, 1.807) is 0 Å². The summed E-state index contributed by atoms with van der Waals surface area (Å²) in [7, 11) is 0. The number of nitrogens with two attached hydrogens (primary N) is 1. The van der Waals surface area contributed by atoms with Crippen LogP contribution in [0.15, 0.2) is 30.3 Å². The molecule has 2 saturated heterocycles. The Bertz CT molecular complexity index is 743. The maximum absolute atomic E-state index is 5.80. The summed E-state index contributed by atoms with van der Waals surface area (Å²) in [6.45, 7) is 7.30. The summed E-state index contributed by atoms with van der Waals surface area (Å²) in [6.07, 6.45) is 4.88. The number of nitrogens with zero attached hydrogens (tertiary/aromatic N) is 4. The van der Waals surface area contributed by atoms with Crippen LogP contribution in [-0.2, 0) is 6.54 Å². The molecule has 3 heterocycles. The SMILES string of the molecule is Cc1cc(N2CCC(NCc3cccc(N4CCCC4)c3)CC2)nc(N)n1. The highest BCUT2D eigenvalue weighted by molar-refractivity contribution is 5.49. The molecule has 6 nitrogen and oxygen atoms in total. The van der Waals surface area contributed by atoms with Crippen LogP contribution in [0.1, 0.15) is 36.9 Å². The molecule has 6 heteroatoms. The molecule has 0 aliphatic carbocycles. The summed E-state index contributed by atoms with van der Waals surface area (Å²) in [6, 6.07) is 11.6. The first kappa shape index (κ1) is 18.0. The van der Waals surface area contributed by atoms with Crippen LogP contribution in [0.2, 0.25) is 0 Å². The Kier molecular flexibility index (Phi) is 5.43. The molecule has 0 unspecified atom stereocenters. The van der Waals surface area contributed by atoms with Crippen LogP contribution < -0.4 is 20.9 Å². The Morgan fingerprint density at radius 3 is 2.56 bits per heavy atom. The predicted molar refractivity (Wildman–Crippen MR) is 111 cm³/mol. The minimum Gasteiger partial charge on any atom is -0.372 e. The van der Waals surface area contributed by atoms with E-state index in [9.17, 15) is 0 Å². The second kappa shape index (κ2) is 8.13. The fourth-order valence-corrected chi connectivity index (χ4v) is 4.15. The zero-order chi connectivity index (χ0) is 18.6. The van der Waals surface area contributed by atoms with Crippen molar-refractivity contribution in [2.45, 2.75) is 45.2 Å². The quantitative estimate of drug-likeness (QED) is 0.848. The number of hydrogen-bond donors (Lipinski definition) is 2. The number of hydrogen-bond acceptors (Lipinski definition) is 6. The largest absolute Gasteiger partial charge is 0.372 e. The Balaban J connectivity index is 1.29. The summed E-state index contributed by atoms with van der Waals surface area (Å²) in [5, 5.41) is 3.75. The van der Waals surface area contributed by atoms with Gasteiger partial charge in [-0.05, 0) is 50.3 Å². The molecule has 0 atom stereocenters. The van der Waals surface area contributed by atoms with Gasteiger partial charge in [0.25, 0.3) is 0 Å². The smallest absolute Gasteiger partial charge is 0.222 e. The van der Waals surface area contributed by atoms with Gasteiger partial charge in [-0.2, -0.15) is 4.98 Å². The molecule has 2 fully saturated rings. The molecule has 0 bridgehead atoms. The van der Waals surface area contributed by atoms with Gasteiger partial charge in [0.2, 0.25) is 5.95 Å². The van der Waals surface area contributed by atoms with Crippen molar-refractivity contribution >= 4 is 17.5 Å². The Labute approximate surface area is 161 Å². The van der Waals surface area contributed by atoms with Crippen molar-refractivity contribution in [2.75, 3.05) is 41.7 Å². The number of aryl methyl sites for hydroxylation is 1. The van der Waals surface area contributed by atoms with Crippen LogP contribution in [0.4, 0.5) is 17.5 Å². The van der Waals surface area contributed by atoms with Crippen molar-refractivity contribution in [1.29, 1.82) is 0 Å². The van der Waals surface area contributed by atoms with E-state index in [1.807, 2.05) is 13.0 Å². The van der Waals surface area contributed by atoms with Crippen molar-refractivity contribution in [3.05, 3.63) is 41.6 Å². The normalized spacial score (nSPS) is 18.3. The highest BCUT2D eigenvalue weighted by atomic mass is 15.2. The van der Waals surface area contributed by atoms with Gasteiger partial charge in [-0.15, -0.1) is 0 Å². The van der Waals surface area contributed by atoms with E-state index >= 15 is 0 Å². The van der Waals surface area contributed by atoms with Gasteiger partial charge in [0.05, 0.1) is 0 Å². The third-order valence-electron chi connectivity index (χ3n) is 5.65. The molecule has 2 aliphatic heterocycles. The third-order valence-corrected chi connectivity index (χ3v) is 5.65. The van der Waals surface area contributed by atoms with Crippen molar-refractivity contribution in [2.24, 2.45) is 0 Å². The van der Waals surface area contributed by atoms with Crippen molar-refractivity contribution in [3.8, 4) is 0 Å². The van der Waals surface area contributed by atoms with Crippen molar-refractivity contribution in [3.63, 3.8) is 0 Å². The van der Waals surface area contributed by atoms with E-state index in [0.717, 1.165) is 44.0 Å². The molecule has 0 amide bonds. The minimum atomic E-state index is 0.364. The minimum absolute atomic E-state index is 0.364. The zero-order valence-electron chi connectivity index (χ0n) is 16.2. The number of piperidine rings is 1. The van der Waals surface area contributed by atoms with E-state index in [-0.39, 0.29) is 0 Å². The van der Waals surface area contributed by atoms with Crippen LogP contribution in [0, 0.1) is 6.92 Å². The molecular formula is C21H30N6. The standard InChI is InChI=1S/C21H30N6/c1-16-13-20(25-21(22)24-16)27-11-7-18(8-12-27)23-15-17-5-4-6-19(14-17)26-9-2-3-10-26/h4-6,13-14,18,23H,2-3,7-12,15H2,1H3,(H2,22,24,25). The first-order valence-corrected chi connectivity index (χ1v) is 10.1. The first-order valence-electron chi connectivity index (χ1n) is 10.1. The second-order valence-electron chi connectivity index (χ2n) is 7.73. The highest BCUT2D eigenvalue weighted by Gasteiger charge is 2.20. The monoisotopic (exact) mass is 366 g/mol. The maximum Gasteiger partial charge on any atom is 0.222 e. The zero-order valence-corrected chi connectivity index (χ0v) is 16.2. The van der Waals surface area contributed by atoms with Gasteiger partial charge in [0, 0.05) is 56.2 Å². The summed E-state index contributed by atoms with van der Waals surface area (Å²) in [4.78, 5) is 13.4. The molecule has 0 radical (unpaired) electrons. The molecule has 3 N–H and O–H groups in total. The van der Waals surface area contributed by atoms with Crippen molar-refractivity contribution < 1.29 is 0 Å². The lowest BCUT2D eigenvalue weighted by Crippen LogP contribution is -2.42. The molecule has 0 saturated carbocycles. The lowest BCUT2D eigenvalue weighted by Gasteiger charge is -2.33. The molecular weight excluding hydrogens is 336 g/mol. The van der Waals surface area contributed by atoms with Crippen LogP contribution in [0.5, 0.6) is 0 Å². The van der Waals surface area contributed by atoms with E-state index in [1.165, 1.54) is 37.2 Å². The molecule has 0 spiro atoms. The number of anilines is 3. The Morgan fingerprint density at radius 1 is 1.04 bits per heavy atom. The van der Waals surface area contributed by atoms with Crippen molar-refractivity contribution in [1.82, 2.24) is 15.3 Å². The molecule has 1 aromatic carbocycles. The van der Waals surface area contributed by atoms with E-state index in [0.29, 0.717) is 12.0 Å². The Hall–Kier alpha value is -2.34. The van der Waals surface area contributed by atoms with Gasteiger partial charge in [-0.25, -0.2) is 4.98 Å². The summed E-state index contributed by atoms with van der Waals surface area (Å²) < 4.78 is 0. The summed E-state index contributed by atoms with van der Waals surface area (Å²) in [5.74, 6) is 1.32. The topological polar surface area (TPSA) is 70.3 Å². The van der Waals surface area contributed by atoms with Gasteiger partial charge in [0.1, 0.15) is 5.82 Å². The molecule has 144 valence electrons. The van der Waals surface area contributed by atoms with Gasteiger partial charge in [-0.3, -0.25) is 0 Å². The van der Waals surface area contributed by atoms with Gasteiger partial charge < -0.3 is 20.9 Å². The molecule has 2 aromatic rings. The molecule has 27 heavy (non-hydrogen) atoms. The molecule has 2 aliphatic rings. The number of nitrogen functional groups attached to an aromatic ring is 1. The van der Waals surface area contributed by atoms with Gasteiger partial charge >= 0.3 is 0 Å². The highest BCUT2D eigenvalue weighted by Crippen LogP contribution is 2.22. The van der Waals surface area contributed by atoms with Gasteiger partial charge in [0.15, 0.2) is 0 Å². The second-order valence-corrected chi connectivity index (χ2v) is 7.73. The number of benzene rings is 1. The van der Waals surface area contributed by atoms with Crippen LogP contribution in [-0.4, -0.2) is 42.2 Å². The van der Waals surface area contributed by atoms with E-state index in [2.05, 4.69) is 49.4 Å². The average Bonchev–Trinajstić information content (AvgIpc) is 3.21. The predicted octanol–water partition coefficient (Wildman–Crippen LogP) is 2.73. The Morgan fingerprint density at radius 2 is 1.81 bits per heavy atom.